The van der Waals surface area contributed by atoms with Crippen molar-refractivity contribution in [2.45, 2.75) is 25.8 Å². The fraction of sp³-hybridized carbons (Fsp3) is 0.556. The molecule has 7 heteroatoms. The van der Waals surface area contributed by atoms with Crippen LogP contribution in [0.5, 0.6) is 0 Å². The zero-order valence-corrected chi connectivity index (χ0v) is 16.4. The van der Waals surface area contributed by atoms with Gasteiger partial charge in [-0.15, -0.1) is 0 Å². The van der Waals surface area contributed by atoms with Crippen LogP contribution in [-0.4, -0.2) is 60.9 Å². The number of hydrogen-bond acceptors (Lipinski definition) is 4. The number of nitrogens with one attached hydrogen (secondary N) is 1. The maximum atomic E-state index is 12.8. The Hall–Kier alpha value is -1.40. The molecule has 138 valence electrons. The van der Waals surface area contributed by atoms with Crippen LogP contribution in [-0.2, 0) is 9.59 Å². The van der Waals surface area contributed by atoms with E-state index in [2.05, 4.69) is 10.2 Å². The van der Waals surface area contributed by atoms with Crippen molar-refractivity contribution in [3.63, 3.8) is 0 Å². The molecule has 1 aromatic rings. The molecule has 1 saturated heterocycles. The average molecular weight is 384 g/mol. The van der Waals surface area contributed by atoms with Crippen molar-refractivity contribution >= 4 is 40.9 Å². The third-order valence-corrected chi connectivity index (χ3v) is 5.21. The molecule has 1 fully saturated rings. The average Bonchev–Trinajstić information content (AvgIpc) is 2.64. The Kier molecular flexibility index (Phi) is 7.90. The number of amides is 2. The highest BCUT2D eigenvalue weighted by Gasteiger charge is 2.28. The fourth-order valence-electron chi connectivity index (χ4n) is 2.87. The number of piperazine rings is 1. The molecule has 25 heavy (non-hydrogen) atoms. The van der Waals surface area contributed by atoms with Gasteiger partial charge >= 0.3 is 0 Å². The summed E-state index contributed by atoms with van der Waals surface area (Å²) in [5.41, 5.74) is 1.08. The number of benzene rings is 1. The summed E-state index contributed by atoms with van der Waals surface area (Å²) in [5, 5.41) is 3.59. The van der Waals surface area contributed by atoms with Crippen molar-refractivity contribution in [3.8, 4) is 0 Å². The third kappa shape index (κ3) is 5.82. The van der Waals surface area contributed by atoms with Crippen molar-refractivity contribution in [1.82, 2.24) is 10.2 Å². The van der Waals surface area contributed by atoms with Crippen molar-refractivity contribution < 1.29 is 9.59 Å². The van der Waals surface area contributed by atoms with E-state index in [-0.39, 0.29) is 11.8 Å². The smallest absolute Gasteiger partial charge is 0.245 e. The molecule has 0 unspecified atom stereocenters. The van der Waals surface area contributed by atoms with Crippen LogP contribution in [0.2, 0.25) is 5.02 Å². The first-order valence-corrected chi connectivity index (χ1v) is 10.4. The molecule has 0 aromatic heterocycles. The van der Waals surface area contributed by atoms with Gasteiger partial charge in [0, 0.05) is 43.3 Å². The third-order valence-electron chi connectivity index (χ3n) is 4.33. The monoisotopic (exact) mass is 383 g/mol. The van der Waals surface area contributed by atoms with E-state index in [1.54, 1.807) is 18.7 Å². The summed E-state index contributed by atoms with van der Waals surface area (Å²) in [5.74, 6) is 0.807. The number of thioether (sulfide) groups is 1. The Morgan fingerprint density at radius 1 is 1.28 bits per heavy atom. The molecule has 1 aliphatic rings. The molecule has 0 spiro atoms. The van der Waals surface area contributed by atoms with Gasteiger partial charge < -0.3 is 15.1 Å². The van der Waals surface area contributed by atoms with Crippen LogP contribution in [0.15, 0.2) is 24.3 Å². The lowest BCUT2D eigenvalue weighted by molar-refractivity contribution is -0.136. The number of hydrogen-bond donors (Lipinski definition) is 1. The molecule has 0 saturated carbocycles. The number of anilines is 1. The predicted octanol–water partition coefficient (Wildman–Crippen LogP) is 2.64. The number of halogens is 1. The maximum absolute atomic E-state index is 12.8. The lowest BCUT2D eigenvalue weighted by Gasteiger charge is -2.37. The molecule has 5 nitrogen and oxygen atoms in total. The fourth-order valence-corrected chi connectivity index (χ4v) is 3.52. The second kappa shape index (κ2) is 9.92. The molecule has 1 atom stereocenters. The van der Waals surface area contributed by atoms with E-state index in [0.29, 0.717) is 25.9 Å². The number of carbonyl (C=O) groups excluding carboxylic acids is 2. The van der Waals surface area contributed by atoms with Gasteiger partial charge in [0.05, 0.1) is 0 Å². The van der Waals surface area contributed by atoms with E-state index >= 15 is 0 Å². The Balaban J connectivity index is 1.94. The first-order valence-electron chi connectivity index (χ1n) is 8.62. The summed E-state index contributed by atoms with van der Waals surface area (Å²) in [4.78, 5) is 28.6. The molecule has 1 aliphatic heterocycles. The molecular formula is C18H26ClN3O2S. The van der Waals surface area contributed by atoms with E-state index in [0.717, 1.165) is 29.6 Å². The van der Waals surface area contributed by atoms with Crippen LogP contribution in [0.25, 0.3) is 0 Å². The van der Waals surface area contributed by atoms with E-state index in [1.807, 2.05) is 35.4 Å². The second-order valence-electron chi connectivity index (χ2n) is 6.05. The summed E-state index contributed by atoms with van der Waals surface area (Å²) >= 11 is 7.75. The summed E-state index contributed by atoms with van der Waals surface area (Å²) in [6, 6.07) is 7.36. The predicted molar refractivity (Wildman–Crippen MR) is 105 cm³/mol. The molecule has 1 heterocycles. The van der Waals surface area contributed by atoms with Gasteiger partial charge in [0.2, 0.25) is 11.8 Å². The summed E-state index contributed by atoms with van der Waals surface area (Å²) in [6.45, 7) is 4.65. The Morgan fingerprint density at radius 2 is 2.00 bits per heavy atom. The minimum Gasteiger partial charge on any atom is -0.368 e. The van der Waals surface area contributed by atoms with Crippen molar-refractivity contribution in [1.29, 1.82) is 0 Å². The summed E-state index contributed by atoms with van der Waals surface area (Å²) in [6.07, 6.45) is 3.07. The van der Waals surface area contributed by atoms with E-state index in [9.17, 15) is 9.59 Å². The van der Waals surface area contributed by atoms with Gasteiger partial charge in [-0.3, -0.25) is 9.59 Å². The number of carbonyl (C=O) groups is 2. The van der Waals surface area contributed by atoms with Gasteiger partial charge in [-0.1, -0.05) is 24.6 Å². The van der Waals surface area contributed by atoms with Gasteiger partial charge in [0.1, 0.15) is 6.04 Å². The largest absolute Gasteiger partial charge is 0.368 e. The Bertz CT molecular complexity index is 591. The maximum Gasteiger partial charge on any atom is 0.245 e. The topological polar surface area (TPSA) is 52.7 Å². The van der Waals surface area contributed by atoms with Crippen molar-refractivity contribution in [2.75, 3.05) is 43.1 Å². The van der Waals surface area contributed by atoms with Crippen LogP contribution < -0.4 is 10.2 Å². The molecule has 2 amide bonds. The lowest BCUT2D eigenvalue weighted by Crippen LogP contribution is -2.55. The highest BCUT2D eigenvalue weighted by molar-refractivity contribution is 7.98. The van der Waals surface area contributed by atoms with Crippen molar-refractivity contribution in [3.05, 3.63) is 29.3 Å². The molecule has 1 N–H and O–H groups in total. The first-order chi connectivity index (χ1) is 12.0. The Labute approximate surface area is 159 Å². The minimum atomic E-state index is -0.419. The summed E-state index contributed by atoms with van der Waals surface area (Å²) in [7, 11) is 0. The van der Waals surface area contributed by atoms with Gasteiger partial charge in [0.15, 0.2) is 0 Å². The zero-order chi connectivity index (χ0) is 18.2. The van der Waals surface area contributed by atoms with E-state index < -0.39 is 6.04 Å². The quantitative estimate of drug-likeness (QED) is 0.786. The number of nitrogens with zero attached hydrogens (tertiary/aromatic N) is 2. The van der Waals surface area contributed by atoms with Gasteiger partial charge in [-0.05, 0) is 36.6 Å². The summed E-state index contributed by atoms with van der Waals surface area (Å²) < 4.78 is 0. The van der Waals surface area contributed by atoms with Gasteiger partial charge in [-0.2, -0.15) is 11.8 Å². The molecule has 0 bridgehead atoms. The van der Waals surface area contributed by atoms with E-state index in [1.165, 1.54) is 0 Å². The van der Waals surface area contributed by atoms with Crippen LogP contribution in [0.3, 0.4) is 0 Å². The SMILES string of the molecule is CCC(=O)N[C@@H](CCSC)C(=O)N1CCN(c2cccc(Cl)c2)CC1. The van der Waals surface area contributed by atoms with Crippen LogP contribution in [0, 0.1) is 0 Å². The van der Waals surface area contributed by atoms with Crippen LogP contribution in [0.4, 0.5) is 5.69 Å². The molecule has 0 radical (unpaired) electrons. The normalized spacial score (nSPS) is 15.8. The first kappa shape index (κ1) is 19.9. The van der Waals surface area contributed by atoms with Gasteiger partial charge in [-0.25, -0.2) is 0 Å². The molecular weight excluding hydrogens is 358 g/mol. The van der Waals surface area contributed by atoms with Gasteiger partial charge in [0.25, 0.3) is 0 Å². The molecule has 2 rings (SSSR count). The van der Waals surface area contributed by atoms with Crippen molar-refractivity contribution in [2.24, 2.45) is 0 Å². The standard InChI is InChI=1S/C18H26ClN3O2S/c1-3-17(23)20-16(7-12-25-2)18(24)22-10-8-21(9-11-22)15-6-4-5-14(19)13-15/h4-6,13,16H,3,7-12H2,1-2H3,(H,20,23)/t16-/m0/s1. The Morgan fingerprint density at radius 3 is 2.60 bits per heavy atom. The van der Waals surface area contributed by atoms with Crippen LogP contribution >= 0.6 is 23.4 Å². The molecule has 1 aromatic carbocycles. The highest BCUT2D eigenvalue weighted by atomic mass is 35.5. The lowest BCUT2D eigenvalue weighted by atomic mass is 10.1. The number of rotatable bonds is 7. The molecule has 0 aliphatic carbocycles. The van der Waals surface area contributed by atoms with E-state index in [4.69, 9.17) is 11.6 Å². The second-order valence-corrected chi connectivity index (χ2v) is 7.47. The minimum absolute atomic E-state index is 0.0293. The highest BCUT2D eigenvalue weighted by Crippen LogP contribution is 2.21. The zero-order valence-electron chi connectivity index (χ0n) is 14.8. The van der Waals surface area contributed by atoms with Crippen LogP contribution in [0.1, 0.15) is 19.8 Å².